The van der Waals surface area contributed by atoms with Crippen molar-refractivity contribution in [1.82, 2.24) is 35.0 Å². The molecule has 194 valence electrons. The minimum absolute atomic E-state index is 0.0393. The van der Waals surface area contributed by atoms with Crippen LogP contribution in [0.5, 0.6) is 0 Å². The lowest BCUT2D eigenvalue weighted by molar-refractivity contribution is -0.150. The minimum Gasteiger partial charge on any atom is -0.477 e. The quantitative estimate of drug-likeness (QED) is 0.177. The molecule has 37 heavy (non-hydrogen) atoms. The van der Waals surface area contributed by atoms with E-state index in [9.17, 15) is 19.5 Å². The molecule has 1 aromatic heterocycles. The number of nitrogen functional groups attached to an aromatic ring is 1. The number of oxime groups is 1. The second-order valence-corrected chi connectivity index (χ2v) is 10.5. The van der Waals surface area contributed by atoms with E-state index in [4.69, 9.17) is 10.6 Å². The molecule has 5 rings (SSSR count). The van der Waals surface area contributed by atoms with Crippen molar-refractivity contribution in [3.8, 4) is 0 Å². The number of amides is 2. The molecule has 2 atom stereocenters. The standard InChI is InChI=1S/C19H20N10O5S3/c1-34-25-11(14-23-19(20)37-26-14)15(30)22-12-16(31)28-13(18(32)33)8(6-36-17(12)28)5-27-7-21-29-10(27)4-3-9(24-29)35-2/h3-4,7,12,17,24H,5-6H2,1-2H3,(H,22,30)(H,32,33)(H2,20,23,26)/b25-11-/t12?,17-/m0/s1. The number of fused-ring (bicyclic) bond motifs is 2. The second-order valence-electron chi connectivity index (χ2n) is 7.74. The van der Waals surface area contributed by atoms with Crippen molar-refractivity contribution in [3.05, 3.63) is 40.1 Å². The SMILES string of the molecule is CO/N=C(\C(=O)NC1C(=O)N2C(C(=O)O)=C(CN3C=NN4NC(SC)=CC=C34)CS[C@@H]12)c1nsc(N)n1. The topological polar surface area (TPSA) is 191 Å². The number of thioether (sulfide) groups is 2. The van der Waals surface area contributed by atoms with Crippen LogP contribution in [0, 0.1) is 0 Å². The molecule has 5 heterocycles. The van der Waals surface area contributed by atoms with Crippen LogP contribution in [0.15, 0.2) is 44.5 Å². The Balaban J connectivity index is 1.33. The molecule has 1 saturated heterocycles. The van der Waals surface area contributed by atoms with Gasteiger partial charge in [0.15, 0.2) is 11.0 Å². The Labute approximate surface area is 222 Å². The van der Waals surface area contributed by atoms with Crippen molar-refractivity contribution >= 4 is 70.0 Å². The maximum Gasteiger partial charge on any atom is 0.352 e. The number of nitrogens with two attached hydrogens (primary N) is 1. The number of carbonyl (C=O) groups excluding carboxylic acids is 2. The van der Waals surface area contributed by atoms with Gasteiger partial charge in [0.2, 0.25) is 11.5 Å². The number of hydrogen-bond donors (Lipinski definition) is 4. The van der Waals surface area contributed by atoms with Gasteiger partial charge in [-0.3, -0.25) is 19.9 Å². The molecule has 1 fully saturated rings. The number of aliphatic carboxylic acids is 1. The number of allylic oxidation sites excluding steroid dienone is 2. The van der Waals surface area contributed by atoms with Gasteiger partial charge in [-0.05, 0) is 24.0 Å². The summed E-state index contributed by atoms with van der Waals surface area (Å²) in [5.41, 5.74) is 8.92. The number of carboxylic acids is 1. The highest BCUT2D eigenvalue weighted by molar-refractivity contribution is 8.02. The molecule has 1 unspecified atom stereocenters. The Morgan fingerprint density at radius 1 is 1.43 bits per heavy atom. The number of hydrazone groups is 1. The van der Waals surface area contributed by atoms with Crippen molar-refractivity contribution in [1.29, 1.82) is 0 Å². The van der Waals surface area contributed by atoms with E-state index in [2.05, 4.69) is 30.4 Å². The highest BCUT2D eigenvalue weighted by Gasteiger charge is 2.54. The molecule has 2 amide bonds. The van der Waals surface area contributed by atoms with Crippen LogP contribution in [-0.2, 0) is 19.2 Å². The fourth-order valence-corrected chi connectivity index (χ4v) is 6.11. The number of carbonyl (C=O) groups is 3. The largest absolute Gasteiger partial charge is 0.477 e. The lowest BCUT2D eigenvalue weighted by Gasteiger charge is -2.49. The van der Waals surface area contributed by atoms with Crippen LogP contribution in [0.1, 0.15) is 5.82 Å². The maximum atomic E-state index is 13.0. The van der Waals surface area contributed by atoms with E-state index in [1.807, 2.05) is 18.4 Å². The van der Waals surface area contributed by atoms with Gasteiger partial charge in [0.25, 0.3) is 11.8 Å². The zero-order valence-corrected chi connectivity index (χ0v) is 21.8. The van der Waals surface area contributed by atoms with Crippen molar-refractivity contribution in [3.63, 3.8) is 0 Å². The van der Waals surface area contributed by atoms with Gasteiger partial charge in [-0.1, -0.05) is 5.16 Å². The average molecular weight is 565 g/mol. The van der Waals surface area contributed by atoms with E-state index in [1.54, 1.807) is 16.4 Å². The molecular formula is C19H20N10O5S3. The van der Waals surface area contributed by atoms with Crippen LogP contribution in [0.4, 0.5) is 5.13 Å². The van der Waals surface area contributed by atoms with E-state index in [0.717, 1.165) is 22.4 Å². The maximum absolute atomic E-state index is 13.0. The fraction of sp³-hybridized carbons (Fsp3) is 0.316. The molecule has 1 aromatic rings. The summed E-state index contributed by atoms with van der Waals surface area (Å²) >= 11 is 3.76. The van der Waals surface area contributed by atoms with Gasteiger partial charge < -0.3 is 25.9 Å². The number of nitrogens with zero attached hydrogens (tertiary/aromatic N) is 7. The first-order valence-electron chi connectivity index (χ1n) is 10.6. The van der Waals surface area contributed by atoms with Crippen LogP contribution in [0.25, 0.3) is 0 Å². The molecule has 4 aliphatic heterocycles. The molecule has 0 aromatic carbocycles. The molecule has 15 nitrogen and oxygen atoms in total. The number of nitrogens with one attached hydrogen (secondary N) is 2. The average Bonchev–Trinajstić information content (AvgIpc) is 3.50. The first-order chi connectivity index (χ1) is 17.8. The van der Waals surface area contributed by atoms with Crippen molar-refractivity contribution in [2.24, 2.45) is 10.3 Å². The normalized spacial score (nSPS) is 22.6. The van der Waals surface area contributed by atoms with Crippen LogP contribution < -0.4 is 16.5 Å². The highest BCUT2D eigenvalue weighted by atomic mass is 32.2. The van der Waals surface area contributed by atoms with Gasteiger partial charge in [-0.2, -0.15) is 14.5 Å². The summed E-state index contributed by atoms with van der Waals surface area (Å²) in [6.45, 7) is 0.222. The minimum atomic E-state index is -1.23. The molecule has 5 N–H and O–H groups in total. The summed E-state index contributed by atoms with van der Waals surface area (Å²) in [6.07, 6.45) is 7.31. The lowest BCUT2D eigenvalue weighted by Crippen LogP contribution is -2.71. The predicted molar refractivity (Wildman–Crippen MR) is 137 cm³/mol. The van der Waals surface area contributed by atoms with Gasteiger partial charge in [0, 0.05) is 23.8 Å². The van der Waals surface area contributed by atoms with Gasteiger partial charge in [0.05, 0.1) is 5.03 Å². The zero-order valence-electron chi connectivity index (χ0n) is 19.3. The summed E-state index contributed by atoms with van der Waals surface area (Å²) in [5.74, 6) is -1.50. The highest BCUT2D eigenvalue weighted by Crippen LogP contribution is 2.41. The van der Waals surface area contributed by atoms with E-state index in [0.29, 0.717) is 11.3 Å². The zero-order chi connectivity index (χ0) is 26.3. The van der Waals surface area contributed by atoms with Gasteiger partial charge in [-0.25, -0.2) is 4.79 Å². The number of rotatable bonds is 8. The molecule has 0 spiro atoms. The first-order valence-corrected chi connectivity index (χ1v) is 13.6. The van der Waals surface area contributed by atoms with E-state index in [-0.39, 0.29) is 28.9 Å². The molecule has 4 aliphatic rings. The number of β-lactam (4-membered cyclic amide) rings is 1. The predicted octanol–water partition coefficient (Wildman–Crippen LogP) is -0.666. The summed E-state index contributed by atoms with van der Waals surface area (Å²) in [5, 5.41) is 22.6. The first kappa shape index (κ1) is 24.9. The number of anilines is 1. The Bertz CT molecular complexity index is 1320. The number of aromatic nitrogens is 2. The van der Waals surface area contributed by atoms with E-state index in [1.165, 1.54) is 35.5 Å². The van der Waals surface area contributed by atoms with Crippen molar-refractivity contribution in [2.45, 2.75) is 11.4 Å². The third-order valence-electron chi connectivity index (χ3n) is 5.59. The second kappa shape index (κ2) is 9.94. The Morgan fingerprint density at radius 2 is 2.24 bits per heavy atom. The van der Waals surface area contributed by atoms with E-state index >= 15 is 0 Å². The van der Waals surface area contributed by atoms with Crippen LogP contribution in [-0.4, -0.2) is 96.3 Å². The Morgan fingerprint density at radius 3 is 2.92 bits per heavy atom. The summed E-state index contributed by atoms with van der Waals surface area (Å²) in [7, 11) is 1.25. The van der Waals surface area contributed by atoms with Crippen LogP contribution in [0.2, 0.25) is 0 Å². The molecule has 0 saturated carbocycles. The molecule has 0 radical (unpaired) electrons. The van der Waals surface area contributed by atoms with E-state index < -0.39 is 29.2 Å². The summed E-state index contributed by atoms with van der Waals surface area (Å²) in [6, 6.07) is -0.962. The molecular weight excluding hydrogens is 544 g/mol. The van der Waals surface area contributed by atoms with Crippen molar-refractivity contribution < 1.29 is 24.3 Å². The fourth-order valence-electron chi connectivity index (χ4n) is 3.96. The van der Waals surface area contributed by atoms with Gasteiger partial charge in [0.1, 0.15) is 30.6 Å². The smallest absolute Gasteiger partial charge is 0.352 e. The van der Waals surface area contributed by atoms with Crippen molar-refractivity contribution in [2.75, 3.05) is 31.4 Å². The Kier molecular flexibility index (Phi) is 6.69. The third-order valence-corrected chi connectivity index (χ3v) is 8.14. The van der Waals surface area contributed by atoms with Gasteiger partial charge in [-0.15, -0.1) is 28.6 Å². The molecule has 0 aliphatic carbocycles. The summed E-state index contributed by atoms with van der Waals surface area (Å²) in [4.78, 5) is 49.8. The number of hydrogen-bond acceptors (Lipinski definition) is 15. The Hall–Kier alpha value is -3.77. The monoisotopic (exact) mass is 564 g/mol. The molecule has 18 heteroatoms. The lowest BCUT2D eigenvalue weighted by atomic mass is 10.0. The third kappa shape index (κ3) is 4.46. The number of hydrazine groups is 1. The van der Waals surface area contributed by atoms with Gasteiger partial charge >= 0.3 is 5.97 Å². The van der Waals surface area contributed by atoms with Crippen LogP contribution >= 0.6 is 35.1 Å². The molecule has 0 bridgehead atoms. The number of carboxylic acid groups (broad SMARTS) is 1. The van der Waals surface area contributed by atoms with Crippen LogP contribution in [0.3, 0.4) is 0 Å². The summed E-state index contributed by atoms with van der Waals surface area (Å²) < 4.78 is 3.95.